The molecule has 0 fully saturated rings. The van der Waals surface area contributed by atoms with Crippen LogP contribution in [0.5, 0.6) is 5.75 Å². The summed E-state index contributed by atoms with van der Waals surface area (Å²) in [4.78, 5) is 28.4. The molecule has 5 heteroatoms. The number of fused-ring (bicyclic) bond motifs is 6. The average molecular weight is 399 g/mol. The van der Waals surface area contributed by atoms with Gasteiger partial charge in [-0.1, -0.05) is 48.5 Å². The van der Waals surface area contributed by atoms with Crippen LogP contribution in [0.3, 0.4) is 0 Å². The van der Waals surface area contributed by atoms with E-state index in [1.807, 2.05) is 38.4 Å². The van der Waals surface area contributed by atoms with Crippen LogP contribution in [0.4, 0.5) is 0 Å². The number of ether oxygens (including phenoxy) is 1. The lowest BCUT2D eigenvalue weighted by Gasteiger charge is -2.14. The highest BCUT2D eigenvalue weighted by atomic mass is 16.5. The molecule has 0 saturated carbocycles. The fourth-order valence-corrected chi connectivity index (χ4v) is 4.13. The van der Waals surface area contributed by atoms with Gasteiger partial charge in [-0.3, -0.25) is 9.59 Å². The van der Waals surface area contributed by atoms with Gasteiger partial charge in [0.25, 0.3) is 0 Å². The van der Waals surface area contributed by atoms with Gasteiger partial charge in [-0.05, 0) is 25.9 Å². The van der Waals surface area contributed by atoms with Crippen molar-refractivity contribution in [1.29, 1.82) is 0 Å². The molecule has 5 rings (SSSR count). The zero-order chi connectivity index (χ0) is 20.8. The Morgan fingerprint density at radius 3 is 2.30 bits per heavy atom. The minimum atomic E-state index is -0.256. The molecular formula is C25H21NO4. The predicted octanol–water partition coefficient (Wildman–Crippen LogP) is 4.69. The number of hydrogen-bond acceptors (Lipinski definition) is 5. The van der Waals surface area contributed by atoms with Crippen molar-refractivity contribution in [3.05, 3.63) is 77.0 Å². The highest BCUT2D eigenvalue weighted by molar-refractivity contribution is 6.33. The number of carbonyl (C=O) groups is 2. The van der Waals surface area contributed by atoms with Crippen molar-refractivity contribution in [3.8, 4) is 5.75 Å². The van der Waals surface area contributed by atoms with E-state index in [9.17, 15) is 9.59 Å². The van der Waals surface area contributed by atoms with Crippen molar-refractivity contribution in [2.75, 3.05) is 27.2 Å². The van der Waals surface area contributed by atoms with Gasteiger partial charge in [0.2, 0.25) is 5.78 Å². The number of nitrogens with zero attached hydrogens (tertiary/aromatic N) is 1. The second-order valence-corrected chi connectivity index (χ2v) is 7.81. The minimum absolute atomic E-state index is 0.114. The molecule has 0 N–H and O–H groups in total. The van der Waals surface area contributed by atoms with Crippen molar-refractivity contribution in [2.24, 2.45) is 0 Å². The molecule has 5 nitrogen and oxygen atoms in total. The maximum absolute atomic E-state index is 13.3. The Hall–Kier alpha value is -3.44. The van der Waals surface area contributed by atoms with Gasteiger partial charge in [-0.2, -0.15) is 0 Å². The molecule has 150 valence electrons. The van der Waals surface area contributed by atoms with E-state index in [0.717, 1.165) is 23.7 Å². The monoisotopic (exact) mass is 399 g/mol. The Balaban J connectivity index is 1.68. The lowest BCUT2D eigenvalue weighted by molar-refractivity contribution is 0.0962. The SMILES string of the molecule is CN(C)CCCOc1cc2oc3c(c2c2ccccc12)C(=O)c1ccccc1C3=O. The summed E-state index contributed by atoms with van der Waals surface area (Å²) >= 11 is 0. The third-order valence-electron chi connectivity index (χ3n) is 5.52. The van der Waals surface area contributed by atoms with E-state index >= 15 is 0 Å². The smallest absolute Gasteiger partial charge is 0.229 e. The van der Waals surface area contributed by atoms with E-state index in [2.05, 4.69) is 4.90 Å². The van der Waals surface area contributed by atoms with E-state index in [1.54, 1.807) is 30.3 Å². The van der Waals surface area contributed by atoms with Crippen LogP contribution in [0.2, 0.25) is 0 Å². The molecule has 0 saturated heterocycles. The van der Waals surface area contributed by atoms with Crippen LogP contribution in [-0.2, 0) is 0 Å². The summed E-state index contributed by atoms with van der Waals surface area (Å²) in [5.41, 5.74) is 1.66. The lowest BCUT2D eigenvalue weighted by Crippen LogP contribution is -2.19. The van der Waals surface area contributed by atoms with Crippen molar-refractivity contribution >= 4 is 33.3 Å². The Bertz CT molecular complexity index is 1320. The first-order valence-corrected chi connectivity index (χ1v) is 10.0. The largest absolute Gasteiger partial charge is 0.493 e. The zero-order valence-electron chi connectivity index (χ0n) is 16.9. The topological polar surface area (TPSA) is 59.8 Å². The molecule has 0 radical (unpaired) electrons. The summed E-state index contributed by atoms with van der Waals surface area (Å²) in [7, 11) is 4.06. The van der Waals surface area contributed by atoms with E-state index in [0.29, 0.717) is 40.0 Å². The Kier molecular flexibility index (Phi) is 4.40. The fourth-order valence-electron chi connectivity index (χ4n) is 4.13. The van der Waals surface area contributed by atoms with Gasteiger partial charge in [0, 0.05) is 34.5 Å². The summed E-state index contributed by atoms with van der Waals surface area (Å²) in [5, 5.41) is 2.43. The van der Waals surface area contributed by atoms with Crippen molar-refractivity contribution in [3.63, 3.8) is 0 Å². The molecule has 4 aromatic rings. The molecule has 30 heavy (non-hydrogen) atoms. The highest BCUT2D eigenvalue weighted by Crippen LogP contribution is 2.41. The molecule has 1 heterocycles. The number of carbonyl (C=O) groups excluding carboxylic acids is 2. The maximum atomic E-state index is 13.3. The maximum Gasteiger partial charge on any atom is 0.229 e. The molecule has 0 unspecified atom stereocenters. The van der Waals surface area contributed by atoms with Gasteiger partial charge in [0.15, 0.2) is 11.5 Å². The number of rotatable bonds is 5. The standard InChI is InChI=1S/C25H21NO4/c1-26(2)12-7-13-29-19-14-20-21(16-9-4-3-8-15(16)19)22-23(27)17-10-5-6-11-18(17)24(28)25(22)30-20/h3-6,8-11,14H,7,12-13H2,1-2H3. The molecule has 0 atom stereocenters. The van der Waals surface area contributed by atoms with Crippen LogP contribution < -0.4 is 4.74 Å². The Morgan fingerprint density at radius 2 is 1.57 bits per heavy atom. The van der Waals surface area contributed by atoms with Crippen LogP contribution >= 0.6 is 0 Å². The van der Waals surface area contributed by atoms with Gasteiger partial charge >= 0.3 is 0 Å². The zero-order valence-corrected chi connectivity index (χ0v) is 16.9. The van der Waals surface area contributed by atoms with Gasteiger partial charge in [-0.25, -0.2) is 0 Å². The van der Waals surface area contributed by atoms with Gasteiger partial charge in [-0.15, -0.1) is 0 Å². The normalized spacial score (nSPS) is 13.2. The Labute approximate surface area is 173 Å². The molecule has 0 bridgehead atoms. The number of furan rings is 1. The molecule has 1 aliphatic rings. The van der Waals surface area contributed by atoms with Crippen LogP contribution in [0.25, 0.3) is 21.7 Å². The molecular weight excluding hydrogens is 378 g/mol. The summed E-state index contributed by atoms with van der Waals surface area (Å²) in [6.45, 7) is 1.49. The number of benzene rings is 3. The van der Waals surface area contributed by atoms with E-state index < -0.39 is 0 Å². The predicted molar refractivity (Wildman–Crippen MR) is 116 cm³/mol. The summed E-state index contributed by atoms with van der Waals surface area (Å²) in [5.74, 6) is 0.377. The summed E-state index contributed by atoms with van der Waals surface area (Å²) in [6, 6.07) is 16.5. The second kappa shape index (κ2) is 7.11. The molecule has 1 aromatic heterocycles. The first-order valence-electron chi connectivity index (χ1n) is 10.0. The van der Waals surface area contributed by atoms with Crippen LogP contribution in [0.15, 0.2) is 59.0 Å². The summed E-state index contributed by atoms with van der Waals surface area (Å²) in [6.07, 6.45) is 0.889. The van der Waals surface area contributed by atoms with Crippen molar-refractivity contribution < 1.29 is 18.7 Å². The summed E-state index contributed by atoms with van der Waals surface area (Å²) < 4.78 is 12.0. The first kappa shape index (κ1) is 18.6. The molecule has 0 spiro atoms. The van der Waals surface area contributed by atoms with Crippen LogP contribution in [0.1, 0.15) is 38.5 Å². The third kappa shape index (κ3) is 2.82. The highest BCUT2D eigenvalue weighted by Gasteiger charge is 2.35. The van der Waals surface area contributed by atoms with Gasteiger partial charge < -0.3 is 14.1 Å². The quantitative estimate of drug-likeness (QED) is 0.401. The van der Waals surface area contributed by atoms with Crippen LogP contribution in [-0.4, -0.2) is 43.7 Å². The fraction of sp³-hybridized carbons (Fsp3) is 0.200. The van der Waals surface area contributed by atoms with Crippen LogP contribution in [0, 0.1) is 0 Å². The second-order valence-electron chi connectivity index (χ2n) is 7.81. The molecule has 1 aliphatic carbocycles. The molecule has 3 aromatic carbocycles. The minimum Gasteiger partial charge on any atom is -0.493 e. The molecule has 0 amide bonds. The average Bonchev–Trinajstić information content (AvgIpc) is 3.15. The van der Waals surface area contributed by atoms with Gasteiger partial charge in [0.1, 0.15) is 11.3 Å². The molecule has 0 aliphatic heterocycles. The number of ketones is 2. The first-order chi connectivity index (χ1) is 14.6. The van der Waals surface area contributed by atoms with Gasteiger partial charge in [0.05, 0.1) is 12.2 Å². The van der Waals surface area contributed by atoms with Crippen molar-refractivity contribution in [1.82, 2.24) is 4.90 Å². The number of hydrogen-bond donors (Lipinski definition) is 0. The van der Waals surface area contributed by atoms with E-state index in [4.69, 9.17) is 9.15 Å². The van der Waals surface area contributed by atoms with Crippen molar-refractivity contribution in [2.45, 2.75) is 6.42 Å². The third-order valence-corrected chi connectivity index (χ3v) is 5.52. The van der Waals surface area contributed by atoms with E-state index in [-0.39, 0.29) is 17.3 Å². The van der Waals surface area contributed by atoms with E-state index in [1.165, 1.54) is 0 Å². The lowest BCUT2D eigenvalue weighted by atomic mass is 9.86. The Morgan fingerprint density at radius 1 is 0.900 bits per heavy atom.